The Morgan fingerprint density at radius 3 is 1.94 bits per heavy atom. The molecule has 0 saturated carbocycles. The quantitative estimate of drug-likeness (QED) is 0.755. The Balaban J connectivity index is 3.06. The van der Waals surface area contributed by atoms with Gasteiger partial charge < -0.3 is 5.11 Å². The van der Waals surface area contributed by atoms with Crippen molar-refractivity contribution in [1.29, 1.82) is 0 Å². The average Bonchev–Trinajstić information content (AvgIpc) is 2.16. The minimum Gasteiger partial charge on any atom is -0.383 e. The predicted molar refractivity (Wildman–Crippen MR) is 59.7 cm³/mol. The lowest BCUT2D eigenvalue weighted by atomic mass is 9.78. The van der Waals surface area contributed by atoms with Crippen LogP contribution in [0.2, 0.25) is 0 Å². The molecule has 0 saturated heterocycles. The van der Waals surface area contributed by atoms with Crippen LogP contribution < -0.4 is 5.46 Å². The summed E-state index contributed by atoms with van der Waals surface area (Å²) in [6.07, 6.45) is -6.96. The van der Waals surface area contributed by atoms with Crippen LogP contribution >= 0.6 is 0 Å². The van der Waals surface area contributed by atoms with E-state index in [1.54, 1.807) is 24.3 Å². The van der Waals surface area contributed by atoms with Gasteiger partial charge >= 0.3 is 6.18 Å². The Morgan fingerprint density at radius 1 is 1.12 bits per heavy atom. The zero-order valence-electron chi connectivity index (χ0n) is 9.47. The minimum atomic E-state index is -4.60. The Hall–Kier alpha value is -0.965. The molecule has 5 heteroatoms. The fourth-order valence-corrected chi connectivity index (χ4v) is 1.55. The van der Waals surface area contributed by atoms with Crippen LogP contribution in [0.1, 0.15) is 19.4 Å². The Morgan fingerprint density at radius 2 is 1.56 bits per heavy atom. The van der Waals surface area contributed by atoms with Crippen LogP contribution in [0.3, 0.4) is 0 Å². The number of hydrogen-bond acceptors (Lipinski definition) is 1. The van der Waals surface area contributed by atoms with E-state index in [0.29, 0.717) is 5.56 Å². The molecular weight excluding hydrogens is 216 g/mol. The number of rotatable bonds is 2. The standard InChI is InChI=1S/C11H14BF3O/c1-10(2,9(16)11(13,14)15)7-3-5-8(12)6-4-7/h3-6,9,16H,12H2,1-2H3/t9-/m1/s1. The van der Waals surface area contributed by atoms with Crippen LogP contribution in [0.5, 0.6) is 0 Å². The van der Waals surface area contributed by atoms with E-state index in [-0.39, 0.29) is 0 Å². The second-order valence-electron chi connectivity index (χ2n) is 4.53. The lowest BCUT2D eigenvalue weighted by molar-refractivity contribution is -0.221. The highest BCUT2D eigenvalue weighted by Gasteiger charge is 2.48. The van der Waals surface area contributed by atoms with Gasteiger partial charge in [-0.15, -0.1) is 0 Å². The molecule has 1 rings (SSSR count). The summed E-state index contributed by atoms with van der Waals surface area (Å²) in [5.41, 5.74) is 0.107. The molecule has 1 nitrogen and oxygen atoms in total. The molecule has 1 aromatic carbocycles. The molecule has 0 aliphatic rings. The van der Waals surface area contributed by atoms with Crippen molar-refractivity contribution < 1.29 is 18.3 Å². The van der Waals surface area contributed by atoms with Crippen LogP contribution in [0.15, 0.2) is 24.3 Å². The fourth-order valence-electron chi connectivity index (χ4n) is 1.55. The van der Waals surface area contributed by atoms with Gasteiger partial charge in [0.25, 0.3) is 0 Å². The Kier molecular flexibility index (Phi) is 3.38. The lowest BCUT2D eigenvalue weighted by Gasteiger charge is -2.32. The summed E-state index contributed by atoms with van der Waals surface area (Å²) in [6.45, 7) is 2.77. The lowest BCUT2D eigenvalue weighted by Crippen LogP contribution is -2.44. The summed E-state index contributed by atoms with van der Waals surface area (Å²) in [4.78, 5) is 0. The van der Waals surface area contributed by atoms with E-state index in [0.717, 1.165) is 5.46 Å². The third kappa shape index (κ3) is 2.58. The molecule has 1 aromatic rings. The summed E-state index contributed by atoms with van der Waals surface area (Å²) in [6, 6.07) is 6.70. The smallest absolute Gasteiger partial charge is 0.383 e. The fraction of sp³-hybridized carbons (Fsp3) is 0.455. The first kappa shape index (κ1) is 13.1. The molecule has 0 spiro atoms. The van der Waals surface area contributed by atoms with E-state index >= 15 is 0 Å². The minimum absolute atomic E-state index is 0.475. The van der Waals surface area contributed by atoms with Crippen LogP contribution in [0, 0.1) is 0 Å². The van der Waals surface area contributed by atoms with Crippen LogP contribution in [0.4, 0.5) is 13.2 Å². The van der Waals surface area contributed by atoms with Gasteiger partial charge in [-0.1, -0.05) is 43.6 Å². The summed E-state index contributed by atoms with van der Waals surface area (Å²) in [7, 11) is 1.86. The first-order valence-corrected chi connectivity index (χ1v) is 4.97. The average molecular weight is 230 g/mol. The van der Waals surface area contributed by atoms with Gasteiger partial charge in [-0.3, -0.25) is 0 Å². The zero-order valence-corrected chi connectivity index (χ0v) is 9.47. The van der Waals surface area contributed by atoms with Crippen LogP contribution in [0.25, 0.3) is 0 Å². The highest BCUT2D eigenvalue weighted by atomic mass is 19.4. The van der Waals surface area contributed by atoms with Crippen molar-refractivity contribution in [2.45, 2.75) is 31.5 Å². The maximum atomic E-state index is 12.5. The van der Waals surface area contributed by atoms with Crippen molar-refractivity contribution in [3.8, 4) is 0 Å². The predicted octanol–water partition coefficient (Wildman–Crippen LogP) is 1.15. The van der Waals surface area contributed by atoms with Gasteiger partial charge in [0.1, 0.15) is 7.85 Å². The molecule has 16 heavy (non-hydrogen) atoms. The molecule has 0 aliphatic carbocycles. The second kappa shape index (κ2) is 4.13. The third-order valence-electron chi connectivity index (χ3n) is 2.79. The molecule has 0 aliphatic heterocycles. The molecule has 0 radical (unpaired) electrons. The normalized spacial score (nSPS) is 14.9. The monoisotopic (exact) mass is 230 g/mol. The first-order chi connectivity index (χ1) is 7.15. The molecule has 0 bridgehead atoms. The SMILES string of the molecule is Bc1ccc(C(C)(C)[C@@H](O)C(F)(F)F)cc1. The molecule has 1 N–H and O–H groups in total. The van der Waals surface area contributed by atoms with Crippen molar-refractivity contribution in [2.75, 3.05) is 0 Å². The topological polar surface area (TPSA) is 20.2 Å². The maximum Gasteiger partial charge on any atom is 0.415 e. The molecule has 0 heterocycles. The molecule has 1 atom stereocenters. The number of alkyl halides is 3. The van der Waals surface area contributed by atoms with Crippen molar-refractivity contribution in [3.05, 3.63) is 29.8 Å². The van der Waals surface area contributed by atoms with Crippen molar-refractivity contribution in [3.63, 3.8) is 0 Å². The molecule has 0 fully saturated rings. The van der Waals surface area contributed by atoms with Gasteiger partial charge in [0.05, 0.1) is 0 Å². The largest absolute Gasteiger partial charge is 0.415 e. The van der Waals surface area contributed by atoms with Gasteiger partial charge in [-0.2, -0.15) is 13.2 Å². The maximum absolute atomic E-state index is 12.5. The highest BCUT2D eigenvalue weighted by Crippen LogP contribution is 2.36. The van der Waals surface area contributed by atoms with E-state index in [4.69, 9.17) is 0 Å². The van der Waals surface area contributed by atoms with E-state index < -0.39 is 17.7 Å². The summed E-state index contributed by atoms with van der Waals surface area (Å²) in [5, 5.41) is 9.31. The van der Waals surface area contributed by atoms with E-state index in [1.807, 2.05) is 7.85 Å². The van der Waals surface area contributed by atoms with Crippen molar-refractivity contribution in [2.24, 2.45) is 0 Å². The Labute approximate surface area is 93.7 Å². The zero-order chi connectivity index (χ0) is 12.6. The summed E-state index contributed by atoms with van der Waals surface area (Å²) < 4.78 is 37.4. The van der Waals surface area contributed by atoms with E-state index in [9.17, 15) is 18.3 Å². The van der Waals surface area contributed by atoms with Crippen molar-refractivity contribution >= 4 is 13.3 Å². The van der Waals surface area contributed by atoms with Crippen molar-refractivity contribution in [1.82, 2.24) is 0 Å². The van der Waals surface area contributed by atoms with Gasteiger partial charge in [0.2, 0.25) is 0 Å². The number of benzene rings is 1. The van der Waals surface area contributed by atoms with Gasteiger partial charge in [-0.05, 0) is 5.56 Å². The molecular formula is C11H14BF3O. The van der Waals surface area contributed by atoms with Crippen LogP contribution in [-0.4, -0.2) is 25.2 Å². The molecule has 0 aromatic heterocycles. The van der Waals surface area contributed by atoms with Gasteiger partial charge in [0, 0.05) is 5.41 Å². The van der Waals surface area contributed by atoms with E-state index in [2.05, 4.69) is 0 Å². The third-order valence-corrected chi connectivity index (χ3v) is 2.79. The van der Waals surface area contributed by atoms with Gasteiger partial charge in [0.15, 0.2) is 6.10 Å². The Bertz CT molecular complexity index is 356. The number of halogens is 3. The number of hydrogen-bond donors (Lipinski definition) is 1. The molecule has 88 valence electrons. The second-order valence-corrected chi connectivity index (χ2v) is 4.53. The van der Waals surface area contributed by atoms with Gasteiger partial charge in [-0.25, -0.2) is 0 Å². The summed E-state index contributed by atoms with van der Waals surface area (Å²) in [5.74, 6) is 0. The first-order valence-electron chi connectivity index (χ1n) is 4.97. The molecule has 0 amide bonds. The van der Waals surface area contributed by atoms with Crippen LogP contribution in [-0.2, 0) is 5.41 Å². The number of aliphatic hydroxyl groups is 1. The molecule has 0 unspecified atom stereocenters. The number of aliphatic hydroxyl groups excluding tert-OH is 1. The highest BCUT2D eigenvalue weighted by molar-refractivity contribution is 6.32. The van der Waals surface area contributed by atoms with E-state index in [1.165, 1.54) is 13.8 Å². The summed E-state index contributed by atoms with van der Waals surface area (Å²) >= 11 is 0.